The maximum atomic E-state index is 10.9. The molecule has 0 aliphatic heterocycles. The first-order chi connectivity index (χ1) is 8.08. The molecule has 17 heavy (non-hydrogen) atoms. The van der Waals surface area contributed by atoms with Crippen LogP contribution in [-0.2, 0) is 11.2 Å². The van der Waals surface area contributed by atoms with Crippen molar-refractivity contribution in [1.82, 2.24) is 5.43 Å². The van der Waals surface area contributed by atoms with E-state index in [1.165, 1.54) is 13.2 Å². The van der Waals surface area contributed by atoms with Crippen LogP contribution in [-0.4, -0.2) is 29.8 Å². The second-order valence-corrected chi connectivity index (χ2v) is 3.65. The van der Waals surface area contributed by atoms with Gasteiger partial charge < -0.3 is 14.9 Å². The molecule has 1 aromatic carbocycles. The van der Waals surface area contributed by atoms with Crippen molar-refractivity contribution < 1.29 is 19.7 Å². The second-order valence-electron chi connectivity index (χ2n) is 3.65. The van der Waals surface area contributed by atoms with E-state index in [0.717, 1.165) is 5.56 Å². The Balaban J connectivity index is 2.82. The standard InChI is InChI=1S/C11H16N2O4/c1-17-10-5-7(2-3-9(10)14)4-8(6-13-12)11(15)16/h2-3,5,8,13-14H,4,6,12H2,1H3,(H,15,16). The molecule has 0 heterocycles. The Bertz CT molecular complexity index is 395. The minimum atomic E-state index is -0.921. The molecular weight excluding hydrogens is 224 g/mol. The van der Waals surface area contributed by atoms with Gasteiger partial charge in [-0.3, -0.25) is 16.1 Å². The number of ether oxygens (including phenoxy) is 1. The van der Waals surface area contributed by atoms with E-state index in [9.17, 15) is 9.90 Å². The molecule has 0 amide bonds. The van der Waals surface area contributed by atoms with Gasteiger partial charge in [-0.25, -0.2) is 0 Å². The summed E-state index contributed by atoms with van der Waals surface area (Å²) >= 11 is 0. The zero-order valence-electron chi connectivity index (χ0n) is 9.51. The predicted octanol–water partition coefficient (Wildman–Crippen LogP) is 0.107. The van der Waals surface area contributed by atoms with Gasteiger partial charge in [-0.1, -0.05) is 6.07 Å². The number of phenols is 1. The SMILES string of the molecule is COc1cc(CC(CNN)C(=O)O)ccc1O. The highest BCUT2D eigenvalue weighted by atomic mass is 16.5. The van der Waals surface area contributed by atoms with Gasteiger partial charge in [-0.05, 0) is 24.1 Å². The molecule has 94 valence electrons. The maximum Gasteiger partial charge on any atom is 0.308 e. The van der Waals surface area contributed by atoms with Crippen molar-refractivity contribution >= 4 is 5.97 Å². The van der Waals surface area contributed by atoms with E-state index >= 15 is 0 Å². The summed E-state index contributed by atoms with van der Waals surface area (Å²) in [6.45, 7) is 0.179. The van der Waals surface area contributed by atoms with Crippen molar-refractivity contribution in [1.29, 1.82) is 0 Å². The van der Waals surface area contributed by atoms with Gasteiger partial charge in [-0.2, -0.15) is 0 Å². The van der Waals surface area contributed by atoms with Crippen LogP contribution in [0.3, 0.4) is 0 Å². The Morgan fingerprint density at radius 1 is 1.59 bits per heavy atom. The molecule has 0 aliphatic carbocycles. The quantitative estimate of drug-likeness (QED) is 0.415. The molecule has 6 nitrogen and oxygen atoms in total. The highest BCUT2D eigenvalue weighted by molar-refractivity contribution is 5.70. The van der Waals surface area contributed by atoms with E-state index in [0.29, 0.717) is 12.2 Å². The van der Waals surface area contributed by atoms with Gasteiger partial charge in [0.15, 0.2) is 11.5 Å². The molecule has 1 unspecified atom stereocenters. The van der Waals surface area contributed by atoms with Crippen LogP contribution in [0.1, 0.15) is 5.56 Å². The number of benzene rings is 1. The Morgan fingerprint density at radius 3 is 2.82 bits per heavy atom. The summed E-state index contributed by atoms with van der Waals surface area (Å²) < 4.78 is 4.95. The number of carboxylic acid groups (broad SMARTS) is 1. The lowest BCUT2D eigenvalue weighted by Crippen LogP contribution is -2.34. The number of aliphatic carboxylic acids is 1. The molecule has 1 aromatic rings. The van der Waals surface area contributed by atoms with Crippen LogP contribution in [0.15, 0.2) is 18.2 Å². The summed E-state index contributed by atoms with van der Waals surface area (Å²) in [6.07, 6.45) is 0.316. The number of carboxylic acids is 1. The normalized spacial score (nSPS) is 12.1. The Hall–Kier alpha value is -1.79. The molecule has 5 N–H and O–H groups in total. The maximum absolute atomic E-state index is 10.9. The van der Waals surface area contributed by atoms with E-state index in [1.807, 2.05) is 0 Å². The number of nitrogens with one attached hydrogen (secondary N) is 1. The van der Waals surface area contributed by atoms with Crippen molar-refractivity contribution in [3.8, 4) is 11.5 Å². The van der Waals surface area contributed by atoms with Gasteiger partial charge in [0, 0.05) is 6.54 Å². The average molecular weight is 240 g/mol. The van der Waals surface area contributed by atoms with Crippen LogP contribution >= 0.6 is 0 Å². The van der Waals surface area contributed by atoms with E-state index in [1.54, 1.807) is 12.1 Å². The molecule has 0 saturated carbocycles. The van der Waals surface area contributed by atoms with Crippen molar-refractivity contribution in [3.63, 3.8) is 0 Å². The number of hydrazine groups is 1. The third-order valence-corrected chi connectivity index (χ3v) is 2.44. The minimum absolute atomic E-state index is 0.0278. The third-order valence-electron chi connectivity index (χ3n) is 2.44. The van der Waals surface area contributed by atoms with E-state index in [-0.39, 0.29) is 12.3 Å². The Kier molecular flexibility index (Phi) is 4.74. The van der Waals surface area contributed by atoms with Crippen LogP contribution in [0.2, 0.25) is 0 Å². The summed E-state index contributed by atoms with van der Waals surface area (Å²) in [4.78, 5) is 10.9. The second kappa shape index (κ2) is 6.07. The minimum Gasteiger partial charge on any atom is -0.504 e. The highest BCUT2D eigenvalue weighted by Crippen LogP contribution is 2.27. The number of carbonyl (C=O) groups is 1. The summed E-state index contributed by atoms with van der Waals surface area (Å²) in [5, 5.41) is 18.4. The first-order valence-corrected chi connectivity index (χ1v) is 5.10. The van der Waals surface area contributed by atoms with Crippen LogP contribution in [0.5, 0.6) is 11.5 Å². The molecule has 0 fully saturated rings. The van der Waals surface area contributed by atoms with Crippen LogP contribution in [0.4, 0.5) is 0 Å². The largest absolute Gasteiger partial charge is 0.504 e. The molecule has 0 aromatic heterocycles. The number of aromatic hydroxyl groups is 1. The topological polar surface area (TPSA) is 105 Å². The molecule has 0 saturated heterocycles. The lowest BCUT2D eigenvalue weighted by Gasteiger charge is -2.12. The Morgan fingerprint density at radius 2 is 2.29 bits per heavy atom. The van der Waals surface area contributed by atoms with Crippen molar-refractivity contribution in [2.24, 2.45) is 11.8 Å². The van der Waals surface area contributed by atoms with Crippen molar-refractivity contribution in [3.05, 3.63) is 23.8 Å². The van der Waals surface area contributed by atoms with Gasteiger partial charge >= 0.3 is 5.97 Å². The van der Waals surface area contributed by atoms with E-state index in [2.05, 4.69) is 5.43 Å². The Labute approximate surface area is 99.0 Å². The molecule has 0 radical (unpaired) electrons. The molecule has 0 spiro atoms. The monoisotopic (exact) mass is 240 g/mol. The smallest absolute Gasteiger partial charge is 0.308 e. The number of methoxy groups -OCH3 is 1. The van der Waals surface area contributed by atoms with Gasteiger partial charge in [0.2, 0.25) is 0 Å². The predicted molar refractivity (Wildman–Crippen MR) is 61.7 cm³/mol. The van der Waals surface area contributed by atoms with Gasteiger partial charge in [0.05, 0.1) is 13.0 Å². The zero-order valence-corrected chi connectivity index (χ0v) is 9.51. The fourth-order valence-electron chi connectivity index (χ4n) is 1.52. The van der Waals surface area contributed by atoms with E-state index < -0.39 is 11.9 Å². The first kappa shape index (κ1) is 13.3. The van der Waals surface area contributed by atoms with Gasteiger partial charge in [-0.15, -0.1) is 0 Å². The summed E-state index contributed by atoms with van der Waals surface area (Å²) in [5.41, 5.74) is 3.11. The molecule has 0 bridgehead atoms. The fourth-order valence-corrected chi connectivity index (χ4v) is 1.52. The van der Waals surface area contributed by atoms with Gasteiger partial charge in [0.1, 0.15) is 0 Å². The van der Waals surface area contributed by atoms with Gasteiger partial charge in [0.25, 0.3) is 0 Å². The zero-order chi connectivity index (χ0) is 12.8. The molecule has 0 aliphatic rings. The molecule has 1 rings (SSSR count). The molecule has 6 heteroatoms. The summed E-state index contributed by atoms with van der Waals surface area (Å²) in [5.74, 6) is 3.94. The van der Waals surface area contributed by atoms with Crippen LogP contribution in [0, 0.1) is 5.92 Å². The number of phenolic OH excluding ortho intramolecular Hbond substituents is 1. The highest BCUT2D eigenvalue weighted by Gasteiger charge is 2.17. The molecule has 1 atom stereocenters. The molecular formula is C11H16N2O4. The fraction of sp³-hybridized carbons (Fsp3) is 0.364. The average Bonchev–Trinajstić information content (AvgIpc) is 2.30. The first-order valence-electron chi connectivity index (χ1n) is 5.10. The number of hydrogen-bond acceptors (Lipinski definition) is 5. The van der Waals surface area contributed by atoms with E-state index in [4.69, 9.17) is 15.7 Å². The number of nitrogens with two attached hydrogens (primary N) is 1. The lowest BCUT2D eigenvalue weighted by molar-refractivity contribution is -0.141. The third kappa shape index (κ3) is 3.61. The van der Waals surface area contributed by atoms with Crippen LogP contribution < -0.4 is 16.0 Å². The summed E-state index contributed by atoms with van der Waals surface area (Å²) in [6, 6.07) is 4.75. The lowest BCUT2D eigenvalue weighted by atomic mass is 9.99. The van der Waals surface area contributed by atoms with Crippen molar-refractivity contribution in [2.45, 2.75) is 6.42 Å². The number of hydrogen-bond donors (Lipinski definition) is 4. The summed E-state index contributed by atoms with van der Waals surface area (Å²) in [7, 11) is 1.44. The van der Waals surface area contributed by atoms with Crippen LogP contribution in [0.25, 0.3) is 0 Å². The number of rotatable bonds is 6. The van der Waals surface area contributed by atoms with Crippen molar-refractivity contribution in [2.75, 3.05) is 13.7 Å².